The van der Waals surface area contributed by atoms with Crippen molar-refractivity contribution >= 4 is 11.3 Å². The second kappa shape index (κ2) is 4.74. The molecule has 0 bridgehead atoms. The lowest BCUT2D eigenvalue weighted by Gasteiger charge is -2.09. The SMILES string of the molecule is Cc1cc(CN[C@@H](C)CN)sc1C. The number of nitrogens with two attached hydrogens (primary N) is 1. The van der Waals surface area contributed by atoms with Crippen LogP contribution in [0.25, 0.3) is 0 Å². The van der Waals surface area contributed by atoms with E-state index in [1.807, 2.05) is 11.3 Å². The van der Waals surface area contributed by atoms with Crippen molar-refractivity contribution in [3.63, 3.8) is 0 Å². The largest absolute Gasteiger partial charge is 0.329 e. The van der Waals surface area contributed by atoms with E-state index >= 15 is 0 Å². The van der Waals surface area contributed by atoms with Crippen LogP contribution in [0.4, 0.5) is 0 Å². The highest BCUT2D eigenvalue weighted by Crippen LogP contribution is 2.20. The molecule has 0 spiro atoms. The molecule has 13 heavy (non-hydrogen) atoms. The topological polar surface area (TPSA) is 38.0 Å². The van der Waals surface area contributed by atoms with Gasteiger partial charge in [0, 0.05) is 28.9 Å². The van der Waals surface area contributed by atoms with Gasteiger partial charge in [-0.25, -0.2) is 0 Å². The van der Waals surface area contributed by atoms with E-state index in [1.165, 1.54) is 15.3 Å². The fourth-order valence-electron chi connectivity index (χ4n) is 1.09. The first-order valence-electron chi connectivity index (χ1n) is 4.63. The summed E-state index contributed by atoms with van der Waals surface area (Å²) in [4.78, 5) is 2.81. The molecule has 0 unspecified atom stereocenters. The molecule has 0 fully saturated rings. The lowest BCUT2D eigenvalue weighted by molar-refractivity contribution is 0.560. The number of nitrogens with one attached hydrogen (secondary N) is 1. The highest BCUT2D eigenvalue weighted by Gasteiger charge is 2.02. The Morgan fingerprint density at radius 3 is 2.69 bits per heavy atom. The third-order valence-corrected chi connectivity index (χ3v) is 3.35. The average molecular weight is 198 g/mol. The summed E-state index contributed by atoms with van der Waals surface area (Å²) in [5, 5.41) is 3.37. The molecule has 0 aliphatic heterocycles. The van der Waals surface area contributed by atoms with E-state index in [2.05, 4.69) is 32.2 Å². The summed E-state index contributed by atoms with van der Waals surface area (Å²) in [6.45, 7) is 8.06. The molecule has 0 aromatic carbocycles. The van der Waals surface area contributed by atoms with Crippen LogP contribution in [0, 0.1) is 13.8 Å². The van der Waals surface area contributed by atoms with Crippen LogP contribution >= 0.6 is 11.3 Å². The van der Waals surface area contributed by atoms with Crippen molar-refractivity contribution in [3.8, 4) is 0 Å². The van der Waals surface area contributed by atoms with Gasteiger partial charge in [-0.3, -0.25) is 0 Å². The Bertz CT molecular complexity index is 248. The minimum atomic E-state index is 0.405. The lowest BCUT2D eigenvalue weighted by Crippen LogP contribution is -2.32. The maximum Gasteiger partial charge on any atom is 0.0302 e. The fraction of sp³-hybridized carbons (Fsp3) is 0.600. The summed E-state index contributed by atoms with van der Waals surface area (Å²) in [5.74, 6) is 0. The van der Waals surface area contributed by atoms with Crippen LogP contribution in [0.5, 0.6) is 0 Å². The molecule has 1 aromatic heterocycles. The lowest BCUT2D eigenvalue weighted by atomic mass is 10.3. The smallest absolute Gasteiger partial charge is 0.0302 e. The molecule has 74 valence electrons. The van der Waals surface area contributed by atoms with Gasteiger partial charge < -0.3 is 11.1 Å². The number of aryl methyl sites for hydroxylation is 2. The second-order valence-corrected chi connectivity index (χ2v) is 4.81. The average Bonchev–Trinajstić information content (AvgIpc) is 2.42. The van der Waals surface area contributed by atoms with Crippen molar-refractivity contribution < 1.29 is 0 Å². The van der Waals surface area contributed by atoms with Crippen LogP contribution in [0.2, 0.25) is 0 Å². The molecule has 3 heteroatoms. The number of hydrogen-bond acceptors (Lipinski definition) is 3. The first-order chi connectivity index (χ1) is 6.13. The van der Waals surface area contributed by atoms with E-state index in [-0.39, 0.29) is 0 Å². The monoisotopic (exact) mass is 198 g/mol. The van der Waals surface area contributed by atoms with E-state index in [4.69, 9.17) is 5.73 Å². The first kappa shape index (κ1) is 10.7. The van der Waals surface area contributed by atoms with Gasteiger partial charge in [-0.1, -0.05) is 0 Å². The molecule has 1 heterocycles. The Hall–Kier alpha value is -0.380. The fourth-order valence-corrected chi connectivity index (χ4v) is 2.10. The van der Waals surface area contributed by atoms with Crippen LogP contribution < -0.4 is 11.1 Å². The molecule has 1 aromatic rings. The van der Waals surface area contributed by atoms with Crippen LogP contribution in [0.1, 0.15) is 22.2 Å². The predicted molar refractivity (Wildman–Crippen MR) is 59.1 cm³/mol. The Morgan fingerprint density at radius 2 is 2.23 bits per heavy atom. The van der Waals surface area contributed by atoms with Crippen LogP contribution in [-0.4, -0.2) is 12.6 Å². The summed E-state index contributed by atoms with van der Waals surface area (Å²) in [6, 6.07) is 2.65. The zero-order valence-corrected chi connectivity index (χ0v) is 9.37. The summed E-state index contributed by atoms with van der Waals surface area (Å²) >= 11 is 1.86. The highest BCUT2D eigenvalue weighted by molar-refractivity contribution is 7.12. The van der Waals surface area contributed by atoms with Crippen molar-refractivity contribution in [2.45, 2.75) is 33.4 Å². The van der Waals surface area contributed by atoms with Gasteiger partial charge in [0.2, 0.25) is 0 Å². The van der Waals surface area contributed by atoms with E-state index in [1.54, 1.807) is 0 Å². The molecule has 0 amide bonds. The summed E-state index contributed by atoms with van der Waals surface area (Å²) in [7, 11) is 0. The maximum atomic E-state index is 5.51. The first-order valence-corrected chi connectivity index (χ1v) is 5.44. The molecule has 1 atom stereocenters. The van der Waals surface area contributed by atoms with E-state index < -0.39 is 0 Å². The van der Waals surface area contributed by atoms with Crippen molar-refractivity contribution in [2.75, 3.05) is 6.54 Å². The van der Waals surface area contributed by atoms with Gasteiger partial charge in [-0.2, -0.15) is 0 Å². The molecule has 0 saturated carbocycles. The van der Waals surface area contributed by atoms with Crippen molar-refractivity contribution in [3.05, 3.63) is 21.4 Å². The third kappa shape index (κ3) is 3.10. The van der Waals surface area contributed by atoms with Crippen LogP contribution in [-0.2, 0) is 6.54 Å². The summed E-state index contributed by atoms with van der Waals surface area (Å²) in [5.41, 5.74) is 6.90. The van der Waals surface area contributed by atoms with Crippen molar-refractivity contribution in [2.24, 2.45) is 5.73 Å². The molecule has 0 radical (unpaired) electrons. The second-order valence-electron chi connectivity index (χ2n) is 3.47. The zero-order chi connectivity index (χ0) is 9.84. The summed E-state index contributed by atoms with van der Waals surface area (Å²) in [6.07, 6.45) is 0. The minimum Gasteiger partial charge on any atom is -0.329 e. The molecule has 0 saturated heterocycles. The number of thiophene rings is 1. The highest BCUT2D eigenvalue weighted by atomic mass is 32.1. The minimum absolute atomic E-state index is 0.405. The number of hydrogen-bond donors (Lipinski definition) is 2. The van der Waals surface area contributed by atoms with Crippen LogP contribution in [0.3, 0.4) is 0 Å². The van der Waals surface area contributed by atoms with Gasteiger partial charge in [0.15, 0.2) is 0 Å². The van der Waals surface area contributed by atoms with Gasteiger partial charge in [0.1, 0.15) is 0 Å². The van der Waals surface area contributed by atoms with Gasteiger partial charge in [-0.15, -0.1) is 11.3 Å². The Kier molecular flexibility index (Phi) is 3.90. The molecular weight excluding hydrogens is 180 g/mol. The van der Waals surface area contributed by atoms with Gasteiger partial charge in [0.05, 0.1) is 0 Å². The maximum absolute atomic E-state index is 5.51. The van der Waals surface area contributed by atoms with Gasteiger partial charge in [-0.05, 0) is 32.4 Å². The number of rotatable bonds is 4. The predicted octanol–water partition coefficient (Wildman–Crippen LogP) is 1.80. The van der Waals surface area contributed by atoms with Crippen LogP contribution in [0.15, 0.2) is 6.07 Å². The Morgan fingerprint density at radius 1 is 1.54 bits per heavy atom. The van der Waals surface area contributed by atoms with Crippen molar-refractivity contribution in [1.29, 1.82) is 0 Å². The van der Waals surface area contributed by atoms with Gasteiger partial charge >= 0.3 is 0 Å². The van der Waals surface area contributed by atoms with Gasteiger partial charge in [0.25, 0.3) is 0 Å². The van der Waals surface area contributed by atoms with E-state index in [0.29, 0.717) is 12.6 Å². The third-order valence-electron chi connectivity index (χ3n) is 2.20. The molecule has 3 N–H and O–H groups in total. The van der Waals surface area contributed by atoms with E-state index in [0.717, 1.165) is 6.54 Å². The van der Waals surface area contributed by atoms with E-state index in [9.17, 15) is 0 Å². The normalized spacial score (nSPS) is 13.2. The Balaban J connectivity index is 2.45. The standard InChI is InChI=1S/C10H18N2S/c1-7-4-10(13-9(7)3)6-12-8(2)5-11/h4,8,12H,5-6,11H2,1-3H3/t8-/m0/s1. The molecule has 1 rings (SSSR count). The molecule has 0 aliphatic rings. The molecule has 2 nitrogen and oxygen atoms in total. The summed E-state index contributed by atoms with van der Waals surface area (Å²) < 4.78 is 0. The quantitative estimate of drug-likeness (QED) is 0.774. The Labute approximate surface area is 84.2 Å². The molecule has 0 aliphatic carbocycles. The zero-order valence-electron chi connectivity index (χ0n) is 8.55. The molecular formula is C10H18N2S. The van der Waals surface area contributed by atoms with Crippen molar-refractivity contribution in [1.82, 2.24) is 5.32 Å².